The van der Waals surface area contributed by atoms with Gasteiger partial charge in [0.25, 0.3) is 0 Å². The van der Waals surface area contributed by atoms with Gasteiger partial charge in [-0.25, -0.2) is 8.51 Å². The standard InChI is InChI=1S/C8H18N2O2S/c1-2-13(11)10-4-3-5-12-8(6-9)7-10/h8H,2-7,9H2,1H3. The van der Waals surface area contributed by atoms with Crippen molar-refractivity contribution >= 4 is 11.0 Å². The van der Waals surface area contributed by atoms with Gasteiger partial charge in [0.2, 0.25) is 0 Å². The van der Waals surface area contributed by atoms with Gasteiger partial charge >= 0.3 is 0 Å². The highest BCUT2D eigenvalue weighted by Crippen LogP contribution is 2.07. The Morgan fingerprint density at radius 1 is 1.69 bits per heavy atom. The van der Waals surface area contributed by atoms with Crippen LogP contribution in [0.4, 0.5) is 0 Å². The van der Waals surface area contributed by atoms with Gasteiger partial charge in [0.1, 0.15) is 0 Å². The maximum atomic E-state index is 11.5. The molecular weight excluding hydrogens is 188 g/mol. The molecule has 0 bridgehead atoms. The second-order valence-electron chi connectivity index (χ2n) is 3.08. The molecule has 2 atom stereocenters. The lowest BCUT2D eigenvalue weighted by atomic mass is 10.3. The summed E-state index contributed by atoms with van der Waals surface area (Å²) in [5.74, 6) is 0.678. The smallest absolute Gasteiger partial charge is 0.0940 e. The fourth-order valence-electron chi connectivity index (χ4n) is 1.37. The Morgan fingerprint density at radius 3 is 3.08 bits per heavy atom. The summed E-state index contributed by atoms with van der Waals surface area (Å²) < 4.78 is 19.0. The topological polar surface area (TPSA) is 55.6 Å². The zero-order chi connectivity index (χ0) is 9.68. The Kier molecular flexibility index (Phi) is 4.87. The molecule has 2 unspecified atom stereocenters. The molecule has 0 amide bonds. The van der Waals surface area contributed by atoms with Gasteiger partial charge in [-0.2, -0.15) is 0 Å². The molecule has 0 aliphatic carbocycles. The van der Waals surface area contributed by atoms with Gasteiger partial charge < -0.3 is 10.5 Å². The highest BCUT2D eigenvalue weighted by atomic mass is 32.2. The van der Waals surface area contributed by atoms with Crippen molar-refractivity contribution in [1.82, 2.24) is 4.31 Å². The Bertz CT molecular complexity index is 178. The van der Waals surface area contributed by atoms with Gasteiger partial charge in [-0.05, 0) is 6.42 Å². The Labute approximate surface area is 82.0 Å². The van der Waals surface area contributed by atoms with Crippen molar-refractivity contribution in [3.05, 3.63) is 0 Å². The molecule has 1 aliphatic rings. The molecule has 0 saturated carbocycles. The molecule has 0 radical (unpaired) electrons. The minimum absolute atomic E-state index is 0.0537. The number of nitrogens with two attached hydrogens (primary N) is 1. The highest BCUT2D eigenvalue weighted by molar-refractivity contribution is 7.82. The van der Waals surface area contributed by atoms with E-state index in [4.69, 9.17) is 10.5 Å². The van der Waals surface area contributed by atoms with Crippen molar-refractivity contribution in [1.29, 1.82) is 0 Å². The molecule has 5 heteroatoms. The molecule has 78 valence electrons. The third kappa shape index (κ3) is 3.34. The van der Waals surface area contributed by atoms with E-state index in [9.17, 15) is 4.21 Å². The first kappa shape index (κ1) is 11.1. The van der Waals surface area contributed by atoms with Crippen LogP contribution in [0.25, 0.3) is 0 Å². The van der Waals surface area contributed by atoms with Crippen molar-refractivity contribution in [2.45, 2.75) is 19.4 Å². The summed E-state index contributed by atoms with van der Waals surface area (Å²) in [6.07, 6.45) is 1.00. The van der Waals surface area contributed by atoms with Gasteiger partial charge in [-0.3, -0.25) is 0 Å². The van der Waals surface area contributed by atoms with Crippen LogP contribution >= 0.6 is 0 Å². The van der Waals surface area contributed by atoms with Crippen molar-refractivity contribution in [2.24, 2.45) is 5.73 Å². The van der Waals surface area contributed by atoms with E-state index in [0.717, 1.165) is 19.6 Å². The number of hydrogen-bond acceptors (Lipinski definition) is 3. The maximum absolute atomic E-state index is 11.5. The maximum Gasteiger partial charge on any atom is 0.0940 e. The summed E-state index contributed by atoms with van der Waals surface area (Å²) in [6, 6.07) is 0. The zero-order valence-corrected chi connectivity index (χ0v) is 8.89. The predicted octanol–water partition coefficient (Wildman–Crippen LogP) is -0.280. The van der Waals surface area contributed by atoms with Gasteiger partial charge in [0.15, 0.2) is 0 Å². The third-order valence-electron chi connectivity index (χ3n) is 2.11. The van der Waals surface area contributed by atoms with E-state index in [1.54, 1.807) is 0 Å². The molecule has 1 heterocycles. The summed E-state index contributed by atoms with van der Waals surface area (Å²) in [4.78, 5) is 0. The third-order valence-corrected chi connectivity index (χ3v) is 3.51. The fourth-order valence-corrected chi connectivity index (χ4v) is 2.40. The quantitative estimate of drug-likeness (QED) is 0.691. The van der Waals surface area contributed by atoms with E-state index in [1.165, 1.54) is 0 Å². The van der Waals surface area contributed by atoms with Gasteiger partial charge in [0, 0.05) is 32.0 Å². The molecule has 0 aromatic carbocycles. The molecular formula is C8H18N2O2S. The van der Waals surface area contributed by atoms with Gasteiger partial charge in [-0.15, -0.1) is 0 Å². The second-order valence-corrected chi connectivity index (χ2v) is 4.82. The molecule has 0 aromatic heterocycles. The lowest BCUT2D eigenvalue weighted by Crippen LogP contribution is -2.37. The summed E-state index contributed by atoms with van der Waals surface area (Å²) in [5, 5.41) is 0. The van der Waals surface area contributed by atoms with Crippen LogP contribution in [0.15, 0.2) is 0 Å². The van der Waals surface area contributed by atoms with Crippen molar-refractivity contribution in [2.75, 3.05) is 32.0 Å². The molecule has 1 saturated heterocycles. The van der Waals surface area contributed by atoms with Crippen LogP contribution in [0.3, 0.4) is 0 Å². The van der Waals surface area contributed by atoms with E-state index in [2.05, 4.69) is 0 Å². The Balaban J connectivity index is 2.48. The minimum Gasteiger partial charge on any atom is -0.375 e. The Hall–Kier alpha value is 0.0300. The summed E-state index contributed by atoms with van der Waals surface area (Å²) in [5.41, 5.74) is 5.53. The average Bonchev–Trinajstić information content (AvgIpc) is 2.41. The van der Waals surface area contributed by atoms with Crippen LogP contribution < -0.4 is 5.73 Å². The lowest BCUT2D eigenvalue weighted by Gasteiger charge is -2.20. The highest BCUT2D eigenvalue weighted by Gasteiger charge is 2.20. The van der Waals surface area contributed by atoms with Crippen molar-refractivity contribution in [3.8, 4) is 0 Å². The first-order chi connectivity index (χ1) is 6.27. The van der Waals surface area contributed by atoms with E-state index in [0.29, 0.717) is 18.8 Å². The molecule has 2 N–H and O–H groups in total. The van der Waals surface area contributed by atoms with Gasteiger partial charge in [0.05, 0.1) is 17.1 Å². The molecule has 13 heavy (non-hydrogen) atoms. The molecule has 1 aliphatic heterocycles. The van der Waals surface area contributed by atoms with Crippen molar-refractivity contribution in [3.63, 3.8) is 0 Å². The van der Waals surface area contributed by atoms with Crippen molar-refractivity contribution < 1.29 is 8.95 Å². The Morgan fingerprint density at radius 2 is 2.46 bits per heavy atom. The van der Waals surface area contributed by atoms with Crippen LogP contribution in [0.1, 0.15) is 13.3 Å². The summed E-state index contributed by atoms with van der Waals surface area (Å²) in [6.45, 7) is 4.74. The number of nitrogens with zero attached hydrogens (tertiary/aromatic N) is 1. The lowest BCUT2D eigenvalue weighted by molar-refractivity contribution is 0.0683. The average molecular weight is 206 g/mol. The van der Waals surface area contributed by atoms with E-state index < -0.39 is 11.0 Å². The van der Waals surface area contributed by atoms with Crippen LogP contribution in [-0.2, 0) is 15.7 Å². The number of hydrogen-bond donors (Lipinski definition) is 1. The molecule has 0 aromatic rings. The van der Waals surface area contributed by atoms with Crippen LogP contribution in [0.5, 0.6) is 0 Å². The molecule has 1 rings (SSSR count). The first-order valence-electron chi connectivity index (χ1n) is 4.73. The molecule has 0 spiro atoms. The number of ether oxygens (including phenoxy) is 1. The predicted molar refractivity (Wildman–Crippen MR) is 53.7 cm³/mol. The van der Waals surface area contributed by atoms with Crippen LogP contribution in [0.2, 0.25) is 0 Å². The van der Waals surface area contributed by atoms with Gasteiger partial charge in [-0.1, -0.05) is 6.92 Å². The normalized spacial score (nSPS) is 28.3. The van der Waals surface area contributed by atoms with E-state index in [1.807, 2.05) is 11.2 Å². The second kappa shape index (κ2) is 5.70. The van der Waals surface area contributed by atoms with E-state index in [-0.39, 0.29) is 6.10 Å². The first-order valence-corrected chi connectivity index (χ1v) is 6.00. The zero-order valence-electron chi connectivity index (χ0n) is 8.07. The molecule has 4 nitrogen and oxygen atoms in total. The molecule has 1 fully saturated rings. The minimum atomic E-state index is -0.849. The summed E-state index contributed by atoms with van der Waals surface area (Å²) in [7, 11) is -0.849. The largest absolute Gasteiger partial charge is 0.375 e. The van der Waals surface area contributed by atoms with E-state index >= 15 is 0 Å². The number of rotatable bonds is 3. The van der Waals surface area contributed by atoms with Crippen LogP contribution in [0, 0.1) is 0 Å². The van der Waals surface area contributed by atoms with Crippen LogP contribution in [-0.4, -0.2) is 46.6 Å². The fraction of sp³-hybridized carbons (Fsp3) is 1.00. The SMILES string of the molecule is CCS(=O)N1CCCOC(CN)C1. The summed E-state index contributed by atoms with van der Waals surface area (Å²) >= 11 is 0. The monoisotopic (exact) mass is 206 g/mol.